The molecule has 6 rings (SSSR count). The lowest BCUT2D eigenvalue weighted by atomic mass is 9.94. The van der Waals surface area contributed by atoms with Gasteiger partial charge in [-0.3, -0.25) is 0 Å². The standard InChI is InChI=1S/C33H23N3/c1-3-7-24(8-4-1)26-11-15-28(16-12-26)30-19-31(21-32(20-30)33-35-22-34-23-36-33)29-17-13-27(14-18-29)25-9-5-2-6-10-25/h1-23H. The van der Waals surface area contributed by atoms with E-state index in [1.165, 1.54) is 34.9 Å². The van der Waals surface area contributed by atoms with Crippen LogP contribution in [0.2, 0.25) is 0 Å². The van der Waals surface area contributed by atoms with E-state index in [1.54, 1.807) is 0 Å². The summed E-state index contributed by atoms with van der Waals surface area (Å²) in [6.45, 7) is 0. The highest BCUT2D eigenvalue weighted by Gasteiger charge is 2.10. The Labute approximate surface area is 210 Å². The second-order valence-corrected chi connectivity index (χ2v) is 8.65. The Kier molecular flexibility index (Phi) is 5.87. The first-order chi connectivity index (χ1) is 17.8. The number of nitrogens with zero attached hydrogens (tertiary/aromatic N) is 3. The highest BCUT2D eigenvalue weighted by atomic mass is 15.0. The van der Waals surface area contributed by atoms with Gasteiger partial charge in [-0.25, -0.2) is 15.0 Å². The van der Waals surface area contributed by atoms with Crippen molar-refractivity contribution in [1.29, 1.82) is 0 Å². The van der Waals surface area contributed by atoms with Crippen LogP contribution >= 0.6 is 0 Å². The largest absolute Gasteiger partial charge is 0.225 e. The molecule has 0 saturated heterocycles. The average molecular weight is 462 g/mol. The van der Waals surface area contributed by atoms with Gasteiger partial charge in [-0.1, -0.05) is 109 Å². The van der Waals surface area contributed by atoms with E-state index in [4.69, 9.17) is 0 Å². The minimum atomic E-state index is 0.662. The molecule has 0 atom stereocenters. The molecule has 0 fully saturated rings. The van der Waals surface area contributed by atoms with Crippen molar-refractivity contribution in [2.75, 3.05) is 0 Å². The van der Waals surface area contributed by atoms with E-state index < -0.39 is 0 Å². The highest BCUT2D eigenvalue weighted by Crippen LogP contribution is 2.33. The second kappa shape index (κ2) is 9.77. The number of rotatable bonds is 5. The third-order valence-corrected chi connectivity index (χ3v) is 6.34. The van der Waals surface area contributed by atoms with Crippen molar-refractivity contribution >= 4 is 0 Å². The van der Waals surface area contributed by atoms with E-state index in [0.717, 1.165) is 27.8 Å². The first kappa shape index (κ1) is 21.6. The third-order valence-electron chi connectivity index (χ3n) is 6.34. The summed E-state index contributed by atoms with van der Waals surface area (Å²) in [5, 5.41) is 0. The van der Waals surface area contributed by atoms with E-state index in [1.807, 2.05) is 12.1 Å². The summed E-state index contributed by atoms with van der Waals surface area (Å²) in [4.78, 5) is 12.8. The van der Waals surface area contributed by atoms with Crippen LogP contribution in [-0.2, 0) is 0 Å². The summed E-state index contributed by atoms with van der Waals surface area (Å²) in [5.74, 6) is 0.662. The van der Waals surface area contributed by atoms with Crippen molar-refractivity contribution in [2.24, 2.45) is 0 Å². The Balaban J connectivity index is 1.41. The fourth-order valence-corrected chi connectivity index (χ4v) is 4.45. The molecule has 36 heavy (non-hydrogen) atoms. The molecule has 0 aliphatic carbocycles. The van der Waals surface area contributed by atoms with E-state index in [2.05, 4.69) is 130 Å². The molecule has 0 spiro atoms. The predicted octanol–water partition coefficient (Wildman–Crippen LogP) is 8.21. The zero-order valence-corrected chi connectivity index (χ0v) is 19.6. The molecular weight excluding hydrogens is 438 g/mol. The van der Waals surface area contributed by atoms with Crippen molar-refractivity contribution in [3.63, 3.8) is 0 Å². The van der Waals surface area contributed by atoms with Gasteiger partial charge in [-0.05, 0) is 62.7 Å². The molecule has 3 heteroatoms. The molecule has 0 bridgehead atoms. The first-order valence-electron chi connectivity index (χ1n) is 11.9. The monoisotopic (exact) mass is 461 g/mol. The van der Waals surface area contributed by atoms with E-state index >= 15 is 0 Å². The first-order valence-corrected chi connectivity index (χ1v) is 11.9. The lowest BCUT2D eigenvalue weighted by Gasteiger charge is -2.11. The number of hydrogen-bond acceptors (Lipinski definition) is 3. The smallest absolute Gasteiger partial charge is 0.162 e. The second-order valence-electron chi connectivity index (χ2n) is 8.65. The minimum Gasteiger partial charge on any atom is -0.225 e. The molecule has 0 aliphatic heterocycles. The summed E-state index contributed by atoms with van der Waals surface area (Å²) in [5.41, 5.74) is 10.3. The summed E-state index contributed by atoms with van der Waals surface area (Å²) >= 11 is 0. The molecule has 5 aromatic carbocycles. The minimum absolute atomic E-state index is 0.662. The molecule has 0 radical (unpaired) electrons. The average Bonchev–Trinajstić information content (AvgIpc) is 2.98. The van der Waals surface area contributed by atoms with Crippen LogP contribution in [0.25, 0.3) is 55.9 Å². The van der Waals surface area contributed by atoms with Gasteiger partial charge in [0.1, 0.15) is 12.7 Å². The molecular formula is C33H23N3. The molecule has 170 valence electrons. The van der Waals surface area contributed by atoms with Gasteiger partial charge in [0.15, 0.2) is 5.82 Å². The molecule has 0 saturated carbocycles. The van der Waals surface area contributed by atoms with Crippen LogP contribution in [0.4, 0.5) is 0 Å². The number of benzene rings is 5. The summed E-state index contributed by atoms with van der Waals surface area (Å²) in [6.07, 6.45) is 3.08. The van der Waals surface area contributed by atoms with Crippen LogP contribution in [-0.4, -0.2) is 15.0 Å². The van der Waals surface area contributed by atoms with Crippen LogP contribution < -0.4 is 0 Å². The molecule has 0 aliphatic rings. The normalized spacial score (nSPS) is 10.8. The Bertz CT molecular complexity index is 1480. The quantitative estimate of drug-likeness (QED) is 0.260. The molecule has 3 nitrogen and oxygen atoms in total. The maximum Gasteiger partial charge on any atom is 0.162 e. The van der Waals surface area contributed by atoms with Crippen molar-refractivity contribution in [2.45, 2.75) is 0 Å². The maximum absolute atomic E-state index is 4.40. The third kappa shape index (κ3) is 4.55. The highest BCUT2D eigenvalue weighted by molar-refractivity contribution is 5.81. The SMILES string of the molecule is c1ccc(-c2ccc(-c3cc(-c4ccc(-c5ccccc5)cc4)cc(-c4ncncn4)c3)cc2)cc1. The maximum atomic E-state index is 4.40. The topological polar surface area (TPSA) is 38.7 Å². The van der Waals surface area contributed by atoms with Crippen molar-refractivity contribution in [3.8, 4) is 55.9 Å². The van der Waals surface area contributed by atoms with Gasteiger partial charge in [0, 0.05) is 5.56 Å². The van der Waals surface area contributed by atoms with Gasteiger partial charge >= 0.3 is 0 Å². The van der Waals surface area contributed by atoms with Gasteiger partial charge in [0.05, 0.1) is 0 Å². The van der Waals surface area contributed by atoms with Gasteiger partial charge in [-0.15, -0.1) is 0 Å². The molecule has 0 N–H and O–H groups in total. The fraction of sp³-hybridized carbons (Fsp3) is 0. The van der Waals surface area contributed by atoms with Crippen LogP contribution in [0.15, 0.2) is 140 Å². The molecule has 1 aromatic heterocycles. The zero-order chi connectivity index (χ0) is 24.2. The van der Waals surface area contributed by atoms with Crippen molar-refractivity contribution in [3.05, 3.63) is 140 Å². The molecule has 0 amide bonds. The molecule has 0 unspecified atom stereocenters. The Morgan fingerprint density at radius 1 is 0.306 bits per heavy atom. The Morgan fingerprint density at radius 2 is 0.639 bits per heavy atom. The zero-order valence-electron chi connectivity index (χ0n) is 19.6. The van der Waals surface area contributed by atoms with Crippen LogP contribution in [0.3, 0.4) is 0 Å². The van der Waals surface area contributed by atoms with Gasteiger partial charge in [0.25, 0.3) is 0 Å². The Morgan fingerprint density at radius 3 is 1.06 bits per heavy atom. The molecule has 6 aromatic rings. The van der Waals surface area contributed by atoms with E-state index in [9.17, 15) is 0 Å². The molecule has 1 heterocycles. The van der Waals surface area contributed by atoms with Crippen LogP contribution in [0.5, 0.6) is 0 Å². The lowest BCUT2D eigenvalue weighted by Crippen LogP contribution is -1.91. The summed E-state index contributed by atoms with van der Waals surface area (Å²) in [6, 6.07) is 44.8. The van der Waals surface area contributed by atoms with E-state index in [0.29, 0.717) is 5.82 Å². The Hall–Kier alpha value is -4.89. The van der Waals surface area contributed by atoms with E-state index in [-0.39, 0.29) is 0 Å². The van der Waals surface area contributed by atoms with Gasteiger partial charge in [0.2, 0.25) is 0 Å². The van der Waals surface area contributed by atoms with Gasteiger partial charge < -0.3 is 0 Å². The number of hydrogen-bond donors (Lipinski definition) is 0. The van der Waals surface area contributed by atoms with Crippen LogP contribution in [0, 0.1) is 0 Å². The van der Waals surface area contributed by atoms with Gasteiger partial charge in [-0.2, -0.15) is 0 Å². The fourth-order valence-electron chi connectivity index (χ4n) is 4.45. The van der Waals surface area contributed by atoms with Crippen LogP contribution in [0.1, 0.15) is 0 Å². The summed E-state index contributed by atoms with van der Waals surface area (Å²) < 4.78 is 0. The van der Waals surface area contributed by atoms with Crippen molar-refractivity contribution < 1.29 is 0 Å². The summed E-state index contributed by atoms with van der Waals surface area (Å²) in [7, 11) is 0. The van der Waals surface area contributed by atoms with Crippen molar-refractivity contribution in [1.82, 2.24) is 15.0 Å². The number of aromatic nitrogens is 3. The predicted molar refractivity (Wildman–Crippen MR) is 147 cm³/mol. The lowest BCUT2D eigenvalue weighted by molar-refractivity contribution is 1.06.